The van der Waals surface area contributed by atoms with Crippen molar-refractivity contribution in [2.75, 3.05) is 19.5 Å². The molecule has 0 radical (unpaired) electrons. The predicted molar refractivity (Wildman–Crippen MR) is 104 cm³/mol. The minimum Gasteiger partial charge on any atom is -0.494 e. The van der Waals surface area contributed by atoms with Crippen LogP contribution < -0.4 is 10.1 Å². The second-order valence-electron chi connectivity index (χ2n) is 6.05. The Bertz CT molecular complexity index is 1170. The molecule has 1 N–H and O–H groups in total. The molecular weight excluding hydrogens is 362 g/mol. The fourth-order valence-electron chi connectivity index (χ4n) is 3.11. The maximum atomic E-state index is 14.4. The number of nitrogens with one attached hydrogen (secondary N) is 1. The molecule has 0 saturated heterocycles. The zero-order valence-electron chi connectivity index (χ0n) is 15.2. The number of aromatic nitrogens is 3. The van der Waals surface area contributed by atoms with Gasteiger partial charge in [-0.1, -0.05) is 0 Å². The average molecular weight is 378 g/mol. The molecule has 2 aromatic carbocycles. The highest BCUT2D eigenvalue weighted by Crippen LogP contribution is 2.39. The molecule has 0 atom stereocenters. The van der Waals surface area contributed by atoms with Crippen LogP contribution in [0.1, 0.15) is 0 Å². The zero-order valence-corrected chi connectivity index (χ0v) is 15.2. The molecule has 0 aliphatic heterocycles. The second-order valence-corrected chi connectivity index (χ2v) is 6.05. The van der Waals surface area contributed by atoms with Crippen LogP contribution in [0.2, 0.25) is 0 Å². The first-order chi connectivity index (χ1) is 13.6. The summed E-state index contributed by atoms with van der Waals surface area (Å²) in [6, 6.07) is 10.4. The van der Waals surface area contributed by atoms with Crippen LogP contribution in [0.3, 0.4) is 0 Å². The smallest absolute Gasteiger partial charge is 0.163 e. The van der Waals surface area contributed by atoms with E-state index in [0.717, 1.165) is 23.8 Å². The summed E-state index contributed by atoms with van der Waals surface area (Å²) in [5.74, 6) is 0.294. The molecule has 0 amide bonds. The fraction of sp³-hybridized carbons (Fsp3) is 0.0952. The van der Waals surface area contributed by atoms with E-state index < -0.39 is 11.6 Å². The summed E-state index contributed by atoms with van der Waals surface area (Å²) in [5.41, 5.74) is 1.73. The Morgan fingerprint density at radius 3 is 2.57 bits per heavy atom. The van der Waals surface area contributed by atoms with Gasteiger partial charge < -0.3 is 10.1 Å². The number of pyridine rings is 1. The number of fused-ring (bicyclic) bond motifs is 1. The van der Waals surface area contributed by atoms with Crippen molar-refractivity contribution in [3.63, 3.8) is 0 Å². The van der Waals surface area contributed by atoms with Crippen LogP contribution in [0.25, 0.3) is 33.4 Å². The van der Waals surface area contributed by atoms with Crippen molar-refractivity contribution in [3.8, 4) is 28.3 Å². The first-order valence-electron chi connectivity index (χ1n) is 8.54. The van der Waals surface area contributed by atoms with Gasteiger partial charge in [0.05, 0.1) is 7.11 Å². The molecule has 0 bridgehead atoms. The summed E-state index contributed by atoms with van der Waals surface area (Å²) in [5, 5.41) is 3.75. The van der Waals surface area contributed by atoms with Crippen LogP contribution in [-0.2, 0) is 0 Å². The van der Waals surface area contributed by atoms with Gasteiger partial charge in [-0.15, -0.1) is 0 Å². The molecule has 0 unspecified atom stereocenters. The average Bonchev–Trinajstić information content (AvgIpc) is 2.74. The summed E-state index contributed by atoms with van der Waals surface area (Å²) < 4.78 is 33.7. The number of anilines is 1. The number of hydrogen-bond donors (Lipinski definition) is 1. The Morgan fingerprint density at radius 2 is 1.86 bits per heavy atom. The Morgan fingerprint density at radius 1 is 1.00 bits per heavy atom. The quantitative estimate of drug-likeness (QED) is 0.558. The normalized spacial score (nSPS) is 10.9. The molecule has 0 aliphatic carbocycles. The largest absolute Gasteiger partial charge is 0.494 e. The van der Waals surface area contributed by atoms with E-state index in [0.29, 0.717) is 33.9 Å². The predicted octanol–water partition coefficient (Wildman–Crippen LogP) is 4.69. The number of rotatable bonds is 4. The molecule has 0 aliphatic rings. The fourth-order valence-corrected chi connectivity index (χ4v) is 3.11. The summed E-state index contributed by atoms with van der Waals surface area (Å²) >= 11 is 0. The summed E-state index contributed by atoms with van der Waals surface area (Å²) in [6.07, 6.45) is 3.32. The third-order valence-electron chi connectivity index (χ3n) is 4.40. The Balaban J connectivity index is 2.04. The third kappa shape index (κ3) is 3.00. The van der Waals surface area contributed by atoms with Crippen LogP contribution in [0.4, 0.5) is 14.6 Å². The highest BCUT2D eigenvalue weighted by molar-refractivity contribution is 5.99. The first-order valence-corrected chi connectivity index (χ1v) is 8.54. The molecule has 28 heavy (non-hydrogen) atoms. The van der Waals surface area contributed by atoms with Crippen molar-refractivity contribution in [3.05, 3.63) is 66.5 Å². The Hall–Kier alpha value is -3.61. The topological polar surface area (TPSA) is 59.9 Å². The van der Waals surface area contributed by atoms with Crippen molar-refractivity contribution >= 4 is 16.7 Å². The van der Waals surface area contributed by atoms with Crippen molar-refractivity contribution < 1.29 is 13.5 Å². The van der Waals surface area contributed by atoms with Gasteiger partial charge in [0.15, 0.2) is 11.6 Å². The van der Waals surface area contributed by atoms with Gasteiger partial charge in [0.25, 0.3) is 0 Å². The third-order valence-corrected chi connectivity index (χ3v) is 4.40. The van der Waals surface area contributed by atoms with Crippen molar-refractivity contribution in [2.45, 2.75) is 0 Å². The van der Waals surface area contributed by atoms with Crippen LogP contribution in [0.5, 0.6) is 5.75 Å². The van der Waals surface area contributed by atoms with Gasteiger partial charge in [-0.25, -0.2) is 18.7 Å². The number of methoxy groups -OCH3 is 1. The summed E-state index contributed by atoms with van der Waals surface area (Å²) in [4.78, 5) is 13.3. The number of ether oxygens (including phenoxy) is 1. The molecule has 0 saturated carbocycles. The standard InChI is InChI=1S/C21H16F2N4O/c1-24-21-15-7-6-14(16-10-13(22)5-8-17(16)23)19(28-2)18(15)26-20(27-21)12-4-3-9-25-11-12/h3-11H,1-2H3,(H,24,26,27). The van der Waals surface area contributed by atoms with Crippen molar-refractivity contribution in [1.82, 2.24) is 15.0 Å². The highest BCUT2D eigenvalue weighted by atomic mass is 19.1. The lowest BCUT2D eigenvalue weighted by molar-refractivity contribution is 0.420. The molecule has 2 heterocycles. The number of nitrogens with zero attached hydrogens (tertiary/aromatic N) is 3. The summed E-state index contributed by atoms with van der Waals surface area (Å²) in [6.45, 7) is 0. The van der Waals surface area contributed by atoms with Crippen LogP contribution in [0, 0.1) is 11.6 Å². The van der Waals surface area contributed by atoms with Crippen LogP contribution in [-0.4, -0.2) is 29.1 Å². The van der Waals surface area contributed by atoms with E-state index in [2.05, 4.69) is 20.3 Å². The SMILES string of the molecule is CNc1nc(-c2cccnc2)nc2c(OC)c(-c3cc(F)ccc3F)ccc12. The Labute approximate surface area is 160 Å². The van der Waals surface area contributed by atoms with Crippen molar-refractivity contribution in [2.24, 2.45) is 0 Å². The lowest BCUT2D eigenvalue weighted by atomic mass is 10.0. The molecule has 0 spiro atoms. The second kappa shape index (κ2) is 7.19. The van der Waals surface area contributed by atoms with E-state index in [1.807, 2.05) is 6.07 Å². The molecule has 2 aromatic heterocycles. The number of benzene rings is 2. The van der Waals surface area contributed by atoms with E-state index in [-0.39, 0.29) is 5.56 Å². The molecule has 4 aromatic rings. The maximum Gasteiger partial charge on any atom is 0.163 e. The molecular formula is C21H16F2N4O. The van der Waals surface area contributed by atoms with E-state index in [1.54, 1.807) is 37.6 Å². The van der Waals surface area contributed by atoms with Gasteiger partial charge in [-0.2, -0.15) is 0 Å². The Kier molecular flexibility index (Phi) is 4.57. The van der Waals surface area contributed by atoms with E-state index >= 15 is 0 Å². The minimum atomic E-state index is -0.547. The zero-order chi connectivity index (χ0) is 19.7. The lowest BCUT2D eigenvalue weighted by Crippen LogP contribution is -2.01. The van der Waals surface area contributed by atoms with Gasteiger partial charge in [0, 0.05) is 41.5 Å². The molecule has 4 rings (SSSR count). The molecule has 5 nitrogen and oxygen atoms in total. The van der Waals surface area contributed by atoms with Crippen LogP contribution >= 0.6 is 0 Å². The van der Waals surface area contributed by atoms with E-state index in [4.69, 9.17) is 4.74 Å². The molecule has 7 heteroatoms. The van der Waals surface area contributed by atoms with Gasteiger partial charge in [-0.05, 0) is 42.5 Å². The molecule has 140 valence electrons. The van der Waals surface area contributed by atoms with Gasteiger partial charge in [0.1, 0.15) is 23.0 Å². The van der Waals surface area contributed by atoms with Gasteiger partial charge >= 0.3 is 0 Å². The first kappa shape index (κ1) is 17.8. The molecule has 0 fully saturated rings. The summed E-state index contributed by atoms with van der Waals surface area (Å²) in [7, 11) is 3.22. The lowest BCUT2D eigenvalue weighted by Gasteiger charge is -2.15. The minimum absolute atomic E-state index is 0.103. The van der Waals surface area contributed by atoms with Crippen LogP contribution in [0.15, 0.2) is 54.9 Å². The number of hydrogen-bond acceptors (Lipinski definition) is 5. The van der Waals surface area contributed by atoms with Crippen molar-refractivity contribution in [1.29, 1.82) is 0 Å². The van der Waals surface area contributed by atoms with E-state index in [1.165, 1.54) is 7.11 Å². The number of halogens is 2. The monoisotopic (exact) mass is 378 g/mol. The maximum absolute atomic E-state index is 14.4. The van der Waals surface area contributed by atoms with Gasteiger partial charge in [-0.3, -0.25) is 4.98 Å². The van der Waals surface area contributed by atoms with E-state index in [9.17, 15) is 8.78 Å². The highest BCUT2D eigenvalue weighted by Gasteiger charge is 2.19. The van der Waals surface area contributed by atoms with Gasteiger partial charge in [0.2, 0.25) is 0 Å².